The van der Waals surface area contributed by atoms with Crippen molar-refractivity contribution in [2.45, 2.75) is 31.7 Å². The standard InChI is InChI=1S/C15H14F6N2O/c1-4-13(2,3)23-12(24)10-7-9(15(19,20)21)5-6-11(10)22-8-14(16,17)18/h1,5-7,22H,8H2,2-3H3,(H,23,24). The van der Waals surface area contributed by atoms with Gasteiger partial charge in [0.15, 0.2) is 0 Å². The molecular formula is C15H14F6N2O. The lowest BCUT2D eigenvalue weighted by Gasteiger charge is -2.22. The van der Waals surface area contributed by atoms with E-state index >= 15 is 0 Å². The van der Waals surface area contributed by atoms with Crippen molar-refractivity contribution < 1.29 is 31.1 Å². The van der Waals surface area contributed by atoms with Crippen LogP contribution in [0.25, 0.3) is 0 Å². The molecule has 0 aromatic heterocycles. The van der Waals surface area contributed by atoms with Crippen LogP contribution in [0, 0.1) is 12.3 Å². The zero-order valence-electron chi connectivity index (χ0n) is 12.7. The van der Waals surface area contributed by atoms with Crippen LogP contribution in [-0.4, -0.2) is 24.2 Å². The van der Waals surface area contributed by atoms with Gasteiger partial charge in [-0.3, -0.25) is 4.79 Å². The Morgan fingerprint density at radius 1 is 1.17 bits per heavy atom. The maximum absolute atomic E-state index is 12.8. The summed E-state index contributed by atoms with van der Waals surface area (Å²) in [5, 5.41) is 4.19. The molecule has 0 saturated carbocycles. The summed E-state index contributed by atoms with van der Waals surface area (Å²) >= 11 is 0. The highest BCUT2D eigenvalue weighted by Crippen LogP contribution is 2.32. The number of anilines is 1. The van der Waals surface area contributed by atoms with E-state index in [1.165, 1.54) is 13.8 Å². The second-order valence-corrected chi connectivity index (χ2v) is 5.45. The molecule has 0 bridgehead atoms. The number of carbonyl (C=O) groups is 1. The van der Waals surface area contributed by atoms with Crippen molar-refractivity contribution in [2.75, 3.05) is 11.9 Å². The van der Waals surface area contributed by atoms with E-state index in [4.69, 9.17) is 6.42 Å². The molecule has 0 spiro atoms. The van der Waals surface area contributed by atoms with E-state index in [9.17, 15) is 31.1 Å². The summed E-state index contributed by atoms with van der Waals surface area (Å²) in [4.78, 5) is 12.1. The number of hydrogen-bond acceptors (Lipinski definition) is 2. The number of nitrogens with one attached hydrogen (secondary N) is 2. The molecular weight excluding hydrogens is 338 g/mol. The van der Waals surface area contributed by atoms with Crippen LogP contribution in [-0.2, 0) is 6.18 Å². The minimum Gasteiger partial charge on any atom is -0.376 e. The van der Waals surface area contributed by atoms with Crippen LogP contribution in [0.2, 0.25) is 0 Å². The summed E-state index contributed by atoms with van der Waals surface area (Å²) in [6.07, 6.45) is -4.18. The minimum absolute atomic E-state index is 0.384. The van der Waals surface area contributed by atoms with E-state index in [-0.39, 0.29) is 5.69 Å². The SMILES string of the molecule is C#CC(C)(C)NC(=O)c1cc(C(F)(F)F)ccc1NCC(F)(F)F. The number of rotatable bonds is 4. The van der Waals surface area contributed by atoms with Crippen LogP contribution in [0.3, 0.4) is 0 Å². The second kappa shape index (κ2) is 6.63. The average Bonchev–Trinajstić information content (AvgIpc) is 2.42. The molecule has 1 rings (SSSR count). The molecule has 0 aliphatic rings. The van der Waals surface area contributed by atoms with Gasteiger partial charge in [-0.2, -0.15) is 26.3 Å². The zero-order valence-corrected chi connectivity index (χ0v) is 12.7. The molecule has 0 heterocycles. The molecule has 9 heteroatoms. The van der Waals surface area contributed by atoms with Crippen LogP contribution >= 0.6 is 0 Å². The van der Waals surface area contributed by atoms with Crippen LogP contribution in [0.1, 0.15) is 29.8 Å². The second-order valence-electron chi connectivity index (χ2n) is 5.45. The third kappa shape index (κ3) is 5.68. The number of carbonyl (C=O) groups excluding carboxylic acids is 1. The number of alkyl halides is 6. The molecule has 0 aliphatic heterocycles. The average molecular weight is 352 g/mol. The summed E-state index contributed by atoms with van der Waals surface area (Å²) in [6.45, 7) is 1.33. The van der Waals surface area contributed by atoms with Crippen LogP contribution in [0.4, 0.5) is 32.0 Å². The van der Waals surface area contributed by atoms with Crippen molar-refractivity contribution in [3.05, 3.63) is 29.3 Å². The van der Waals surface area contributed by atoms with Gasteiger partial charge in [0.1, 0.15) is 6.54 Å². The summed E-state index contributed by atoms with van der Waals surface area (Å²) < 4.78 is 75.2. The van der Waals surface area contributed by atoms with Gasteiger partial charge < -0.3 is 10.6 Å². The lowest BCUT2D eigenvalue weighted by atomic mass is 10.0. The summed E-state index contributed by atoms with van der Waals surface area (Å²) in [5.74, 6) is 1.19. The molecule has 0 radical (unpaired) electrons. The van der Waals surface area contributed by atoms with Crippen LogP contribution in [0.15, 0.2) is 18.2 Å². The largest absolute Gasteiger partial charge is 0.416 e. The Morgan fingerprint density at radius 3 is 2.21 bits per heavy atom. The van der Waals surface area contributed by atoms with Gasteiger partial charge in [-0.05, 0) is 32.0 Å². The molecule has 24 heavy (non-hydrogen) atoms. The first-order valence-corrected chi connectivity index (χ1v) is 6.57. The van der Waals surface area contributed by atoms with Gasteiger partial charge in [-0.15, -0.1) is 6.42 Å². The highest BCUT2D eigenvalue weighted by Gasteiger charge is 2.33. The lowest BCUT2D eigenvalue weighted by Crippen LogP contribution is -2.42. The number of amides is 1. The third-order valence-electron chi connectivity index (χ3n) is 2.86. The monoisotopic (exact) mass is 352 g/mol. The van der Waals surface area contributed by atoms with Gasteiger partial charge in [0, 0.05) is 5.69 Å². The van der Waals surface area contributed by atoms with Crippen LogP contribution < -0.4 is 10.6 Å². The molecule has 0 aliphatic carbocycles. The Bertz CT molecular complexity index is 655. The first-order chi connectivity index (χ1) is 10.7. The first-order valence-electron chi connectivity index (χ1n) is 6.57. The minimum atomic E-state index is -4.75. The van der Waals surface area contributed by atoms with Crippen molar-refractivity contribution in [2.24, 2.45) is 0 Å². The van der Waals surface area contributed by atoms with Gasteiger partial charge in [0.25, 0.3) is 5.91 Å². The number of terminal acetylenes is 1. The van der Waals surface area contributed by atoms with E-state index in [1.54, 1.807) is 0 Å². The normalized spacial score (nSPS) is 12.5. The highest BCUT2D eigenvalue weighted by atomic mass is 19.4. The van der Waals surface area contributed by atoms with Crippen molar-refractivity contribution in [3.8, 4) is 12.3 Å². The fourth-order valence-corrected chi connectivity index (χ4v) is 1.65. The topological polar surface area (TPSA) is 41.1 Å². The molecule has 3 nitrogen and oxygen atoms in total. The molecule has 0 fully saturated rings. The first kappa shape index (κ1) is 19.7. The quantitative estimate of drug-likeness (QED) is 0.639. The Morgan fingerprint density at radius 2 is 1.75 bits per heavy atom. The summed E-state index contributed by atoms with van der Waals surface area (Å²) in [6, 6.07) is 1.83. The van der Waals surface area contributed by atoms with Gasteiger partial charge >= 0.3 is 12.4 Å². The van der Waals surface area contributed by atoms with Crippen molar-refractivity contribution in [1.82, 2.24) is 5.32 Å². The molecule has 2 N–H and O–H groups in total. The van der Waals surface area contributed by atoms with E-state index in [1.807, 2.05) is 5.32 Å². The lowest BCUT2D eigenvalue weighted by molar-refractivity contribution is -0.137. The summed E-state index contributed by atoms with van der Waals surface area (Å²) in [5.41, 5.74) is -3.32. The number of hydrogen-bond donors (Lipinski definition) is 2. The highest BCUT2D eigenvalue weighted by molar-refractivity contribution is 6.00. The smallest absolute Gasteiger partial charge is 0.376 e. The fraction of sp³-hybridized carbons (Fsp3) is 0.400. The molecule has 132 valence electrons. The third-order valence-corrected chi connectivity index (χ3v) is 2.86. The Balaban J connectivity index is 3.25. The van der Waals surface area contributed by atoms with E-state index in [0.717, 1.165) is 6.07 Å². The zero-order chi connectivity index (χ0) is 18.8. The molecule has 1 aromatic rings. The Hall–Kier alpha value is -2.37. The Labute approximate surface area is 134 Å². The van der Waals surface area contributed by atoms with Crippen molar-refractivity contribution >= 4 is 11.6 Å². The fourth-order valence-electron chi connectivity index (χ4n) is 1.65. The molecule has 0 atom stereocenters. The molecule has 0 saturated heterocycles. The molecule has 1 amide bonds. The van der Waals surface area contributed by atoms with Crippen molar-refractivity contribution in [3.63, 3.8) is 0 Å². The van der Waals surface area contributed by atoms with E-state index in [0.29, 0.717) is 12.1 Å². The van der Waals surface area contributed by atoms with Gasteiger partial charge in [-0.1, -0.05) is 5.92 Å². The molecule has 1 aromatic carbocycles. The van der Waals surface area contributed by atoms with E-state index in [2.05, 4.69) is 11.2 Å². The predicted molar refractivity (Wildman–Crippen MR) is 76.4 cm³/mol. The van der Waals surface area contributed by atoms with E-state index < -0.39 is 41.5 Å². The van der Waals surface area contributed by atoms with Gasteiger partial charge in [0.05, 0.1) is 16.7 Å². The maximum atomic E-state index is 12.8. The maximum Gasteiger partial charge on any atom is 0.416 e. The van der Waals surface area contributed by atoms with Crippen molar-refractivity contribution in [1.29, 1.82) is 0 Å². The Kier molecular flexibility index (Phi) is 5.43. The molecule has 0 unspecified atom stereocenters. The van der Waals surface area contributed by atoms with Gasteiger partial charge in [-0.25, -0.2) is 0 Å². The predicted octanol–water partition coefficient (Wildman–Crippen LogP) is 3.82. The van der Waals surface area contributed by atoms with Crippen LogP contribution in [0.5, 0.6) is 0 Å². The summed E-state index contributed by atoms with van der Waals surface area (Å²) in [7, 11) is 0. The van der Waals surface area contributed by atoms with Gasteiger partial charge in [0.2, 0.25) is 0 Å². The number of benzene rings is 1. The number of halogens is 6.